The number of fused-ring (bicyclic) bond motifs is 3. The Labute approximate surface area is 185 Å². The van der Waals surface area contributed by atoms with E-state index in [0.29, 0.717) is 11.5 Å². The van der Waals surface area contributed by atoms with Gasteiger partial charge in [0.2, 0.25) is 0 Å². The molecule has 4 aromatic rings. The molecule has 1 N–H and O–H groups in total. The molecule has 0 spiro atoms. The Morgan fingerprint density at radius 1 is 0.774 bits per heavy atom. The highest BCUT2D eigenvalue weighted by Gasteiger charge is 2.26. The molecule has 31 heavy (non-hydrogen) atoms. The lowest BCUT2D eigenvalue weighted by molar-refractivity contribution is 0.355. The van der Waals surface area contributed by atoms with Crippen molar-refractivity contribution in [1.82, 2.24) is 0 Å². The van der Waals surface area contributed by atoms with Gasteiger partial charge >= 0.3 is 0 Å². The van der Waals surface area contributed by atoms with E-state index in [1.54, 1.807) is 25.6 Å². The van der Waals surface area contributed by atoms with E-state index >= 15 is 0 Å². The Balaban J connectivity index is 1.79. The number of rotatable bonds is 4. The van der Waals surface area contributed by atoms with Crippen molar-refractivity contribution >= 4 is 22.0 Å². The molecule has 5 rings (SSSR count). The first-order valence-corrected chi connectivity index (χ1v) is 10.9. The molecule has 5 heteroatoms. The highest BCUT2D eigenvalue weighted by molar-refractivity contribution is 7.15. The summed E-state index contributed by atoms with van der Waals surface area (Å²) in [6, 6.07) is 22.9. The van der Waals surface area contributed by atoms with E-state index in [4.69, 9.17) is 14.6 Å². The lowest BCUT2D eigenvalue weighted by atomic mass is 9.90. The van der Waals surface area contributed by atoms with Crippen molar-refractivity contribution in [2.75, 3.05) is 19.6 Å². The average molecular weight is 427 g/mol. The zero-order chi connectivity index (χ0) is 21.4. The Hall–Kier alpha value is -3.57. The van der Waals surface area contributed by atoms with E-state index < -0.39 is 0 Å². The zero-order valence-electron chi connectivity index (χ0n) is 17.6. The molecule has 0 atom stereocenters. The van der Waals surface area contributed by atoms with Crippen LogP contribution in [0.3, 0.4) is 0 Å². The molecule has 2 heterocycles. The molecule has 4 nitrogen and oxygen atoms in total. The molecule has 154 valence electrons. The smallest absolute Gasteiger partial charge is 0.161 e. The number of nitrogens with one attached hydrogen (secondary N) is 1. The van der Waals surface area contributed by atoms with Crippen molar-refractivity contribution < 1.29 is 9.47 Å². The predicted molar refractivity (Wildman–Crippen MR) is 129 cm³/mol. The third-order valence-electron chi connectivity index (χ3n) is 5.52. The van der Waals surface area contributed by atoms with Crippen LogP contribution in [-0.2, 0) is 0 Å². The van der Waals surface area contributed by atoms with E-state index in [0.717, 1.165) is 33.0 Å². The van der Waals surface area contributed by atoms with E-state index in [9.17, 15) is 0 Å². The molecule has 1 aromatic heterocycles. The summed E-state index contributed by atoms with van der Waals surface area (Å²) >= 11 is 1.66. The summed E-state index contributed by atoms with van der Waals surface area (Å²) < 4.78 is 11.3. The fourth-order valence-electron chi connectivity index (χ4n) is 3.92. The third kappa shape index (κ3) is 3.37. The molecule has 1 aliphatic heterocycles. The SMILES string of the molecule is COc1cc2c(cc1OC)-c1c(-c3ccccc3)csc1NN=C2c1ccc(C)cc1. The first-order valence-electron chi connectivity index (χ1n) is 10.0. The molecule has 0 unspecified atom stereocenters. The average Bonchev–Trinajstić information content (AvgIpc) is 3.17. The molecule has 0 saturated carbocycles. The van der Waals surface area contributed by atoms with Gasteiger partial charge in [-0.05, 0) is 30.2 Å². The van der Waals surface area contributed by atoms with Crippen molar-refractivity contribution in [3.63, 3.8) is 0 Å². The van der Waals surface area contributed by atoms with Gasteiger partial charge in [0, 0.05) is 27.6 Å². The minimum atomic E-state index is 0.681. The van der Waals surface area contributed by atoms with Crippen molar-refractivity contribution in [2.45, 2.75) is 6.92 Å². The lowest BCUT2D eigenvalue weighted by Crippen LogP contribution is -2.07. The van der Waals surface area contributed by atoms with E-state index in [-0.39, 0.29) is 0 Å². The molecule has 0 bridgehead atoms. The normalized spacial score (nSPS) is 12.2. The molecule has 0 radical (unpaired) electrons. The third-order valence-corrected chi connectivity index (χ3v) is 6.40. The lowest BCUT2D eigenvalue weighted by Gasteiger charge is -2.16. The van der Waals surface area contributed by atoms with Crippen LogP contribution in [-0.4, -0.2) is 19.9 Å². The fraction of sp³-hybridized carbons (Fsp3) is 0.115. The number of anilines is 1. The van der Waals surface area contributed by atoms with Crippen LogP contribution in [0.2, 0.25) is 0 Å². The van der Waals surface area contributed by atoms with Gasteiger partial charge in [0.05, 0.1) is 19.9 Å². The van der Waals surface area contributed by atoms with Crippen molar-refractivity contribution in [3.05, 3.63) is 88.8 Å². The second-order valence-corrected chi connectivity index (χ2v) is 8.29. The van der Waals surface area contributed by atoms with Crippen LogP contribution in [0.5, 0.6) is 11.5 Å². The van der Waals surface area contributed by atoms with Crippen LogP contribution in [0.15, 0.2) is 77.2 Å². The molecule has 0 amide bonds. The molecule has 0 saturated heterocycles. The topological polar surface area (TPSA) is 42.9 Å². The van der Waals surface area contributed by atoms with E-state index in [1.807, 2.05) is 12.1 Å². The Kier molecular flexibility index (Phi) is 4.96. The van der Waals surface area contributed by atoms with Gasteiger partial charge in [0.1, 0.15) is 5.00 Å². The summed E-state index contributed by atoms with van der Waals surface area (Å²) in [6.07, 6.45) is 0. The Bertz CT molecular complexity index is 1280. The fourth-order valence-corrected chi connectivity index (χ4v) is 4.84. The highest BCUT2D eigenvalue weighted by Crippen LogP contribution is 2.48. The number of hydrogen-bond donors (Lipinski definition) is 1. The highest BCUT2D eigenvalue weighted by atomic mass is 32.1. The number of thiophene rings is 1. The number of benzene rings is 3. The largest absolute Gasteiger partial charge is 0.493 e. The van der Waals surface area contributed by atoms with Crippen molar-refractivity contribution in [1.29, 1.82) is 0 Å². The zero-order valence-corrected chi connectivity index (χ0v) is 18.4. The summed E-state index contributed by atoms with van der Waals surface area (Å²) in [5.74, 6) is 1.38. The molecule has 0 aliphatic carbocycles. The second kappa shape index (κ2) is 7.93. The maximum Gasteiger partial charge on any atom is 0.161 e. The summed E-state index contributed by atoms with van der Waals surface area (Å²) in [4.78, 5) is 0. The van der Waals surface area contributed by atoms with Gasteiger partial charge < -0.3 is 9.47 Å². The number of aryl methyl sites for hydroxylation is 1. The number of methoxy groups -OCH3 is 2. The first-order chi connectivity index (χ1) is 15.2. The summed E-state index contributed by atoms with van der Waals surface area (Å²) in [5.41, 5.74) is 12.0. The van der Waals surface area contributed by atoms with Gasteiger partial charge in [-0.1, -0.05) is 60.2 Å². The number of ether oxygens (including phenoxy) is 2. The Morgan fingerprint density at radius 3 is 2.13 bits per heavy atom. The van der Waals surface area contributed by atoms with E-state index in [2.05, 4.69) is 72.3 Å². The van der Waals surface area contributed by atoms with Crippen LogP contribution >= 0.6 is 11.3 Å². The summed E-state index contributed by atoms with van der Waals surface area (Å²) in [6.45, 7) is 2.09. The maximum atomic E-state index is 5.66. The van der Waals surface area contributed by atoms with Gasteiger partial charge in [0.25, 0.3) is 0 Å². The van der Waals surface area contributed by atoms with E-state index in [1.165, 1.54) is 16.7 Å². The minimum Gasteiger partial charge on any atom is -0.493 e. The minimum absolute atomic E-state index is 0.681. The van der Waals surface area contributed by atoms with Gasteiger partial charge in [-0.15, -0.1) is 11.3 Å². The predicted octanol–water partition coefficient (Wildman–Crippen LogP) is 6.59. The van der Waals surface area contributed by atoms with Crippen LogP contribution in [0.25, 0.3) is 22.3 Å². The summed E-state index contributed by atoms with van der Waals surface area (Å²) in [7, 11) is 3.33. The van der Waals surface area contributed by atoms with Gasteiger partial charge in [-0.2, -0.15) is 5.10 Å². The van der Waals surface area contributed by atoms with Crippen LogP contribution in [0.1, 0.15) is 16.7 Å². The molecule has 3 aromatic carbocycles. The standard InChI is InChI=1S/C26H22N2O2S/c1-16-9-11-18(12-10-16)25-20-14-23(30-3)22(29-2)13-19(20)24-21(15-31-26(24)28-27-25)17-7-5-4-6-8-17/h4-15,28H,1-3H3. The quantitative estimate of drug-likeness (QED) is 0.400. The van der Waals surface area contributed by atoms with Gasteiger partial charge in [-0.25, -0.2) is 0 Å². The van der Waals surface area contributed by atoms with Gasteiger partial charge in [-0.3, -0.25) is 5.43 Å². The second-order valence-electron chi connectivity index (χ2n) is 7.41. The number of nitrogens with zero attached hydrogens (tertiary/aromatic N) is 1. The van der Waals surface area contributed by atoms with Crippen molar-refractivity contribution in [3.8, 4) is 33.8 Å². The van der Waals surface area contributed by atoms with Crippen molar-refractivity contribution in [2.24, 2.45) is 5.10 Å². The first kappa shape index (κ1) is 19.4. The molecular formula is C26H22N2O2S. The number of hydrazone groups is 1. The molecule has 1 aliphatic rings. The molecular weight excluding hydrogens is 404 g/mol. The van der Waals surface area contributed by atoms with Crippen LogP contribution in [0.4, 0.5) is 5.00 Å². The maximum absolute atomic E-state index is 5.66. The van der Waals surface area contributed by atoms with Gasteiger partial charge in [0.15, 0.2) is 11.5 Å². The number of hydrogen-bond acceptors (Lipinski definition) is 5. The Morgan fingerprint density at radius 2 is 1.45 bits per heavy atom. The van der Waals surface area contributed by atoms with Crippen LogP contribution < -0.4 is 14.9 Å². The summed E-state index contributed by atoms with van der Waals surface area (Å²) in [5, 5.41) is 8.01. The van der Waals surface area contributed by atoms with Crippen LogP contribution in [0, 0.1) is 6.92 Å². The molecule has 0 fully saturated rings. The monoisotopic (exact) mass is 426 g/mol.